The van der Waals surface area contributed by atoms with Crippen molar-refractivity contribution < 1.29 is 14.3 Å². The number of rotatable bonds is 5. The molecule has 1 aromatic carbocycles. The Bertz CT molecular complexity index is 587. The Labute approximate surface area is 148 Å². The van der Waals surface area contributed by atoms with E-state index in [4.69, 9.17) is 10.5 Å². The van der Waals surface area contributed by atoms with Crippen LogP contribution in [0.15, 0.2) is 30.3 Å². The minimum atomic E-state index is -0.402. The number of benzene rings is 1. The lowest BCUT2D eigenvalue weighted by Crippen LogP contribution is -2.60. The fraction of sp³-hybridized carbons (Fsp3) is 0.579. The van der Waals surface area contributed by atoms with E-state index in [1.165, 1.54) is 5.56 Å². The standard InChI is InChI=1S/C19H27N3O3/c20-18(23)17-14-22(19(24)16-7-12-25-13-8-16)11-10-21(17)9-6-15-4-2-1-3-5-15/h1-5,16-17H,6-14H2,(H2,20,23). The highest BCUT2D eigenvalue weighted by atomic mass is 16.5. The maximum absolute atomic E-state index is 12.7. The number of hydrogen-bond donors (Lipinski definition) is 1. The van der Waals surface area contributed by atoms with Crippen molar-refractivity contribution in [3.63, 3.8) is 0 Å². The van der Waals surface area contributed by atoms with Gasteiger partial charge in [-0.15, -0.1) is 0 Å². The van der Waals surface area contributed by atoms with E-state index in [2.05, 4.69) is 17.0 Å². The molecule has 136 valence electrons. The number of ether oxygens (including phenoxy) is 1. The fourth-order valence-corrected chi connectivity index (χ4v) is 3.68. The Balaban J connectivity index is 1.58. The number of carbonyl (C=O) groups is 2. The van der Waals surface area contributed by atoms with Crippen molar-refractivity contribution in [3.8, 4) is 0 Å². The van der Waals surface area contributed by atoms with Crippen LogP contribution >= 0.6 is 0 Å². The van der Waals surface area contributed by atoms with Crippen LogP contribution in [0.25, 0.3) is 0 Å². The summed E-state index contributed by atoms with van der Waals surface area (Å²) in [5.41, 5.74) is 6.87. The minimum absolute atomic E-state index is 0.0261. The molecule has 1 unspecified atom stereocenters. The van der Waals surface area contributed by atoms with Crippen LogP contribution in [-0.4, -0.2) is 67.0 Å². The number of nitrogens with two attached hydrogens (primary N) is 1. The summed E-state index contributed by atoms with van der Waals surface area (Å²) >= 11 is 0. The number of nitrogens with zero attached hydrogens (tertiary/aromatic N) is 2. The summed E-state index contributed by atoms with van der Waals surface area (Å²) in [5.74, 6) is -0.173. The molecule has 1 aromatic rings. The van der Waals surface area contributed by atoms with Gasteiger partial charge in [0, 0.05) is 45.3 Å². The van der Waals surface area contributed by atoms with Gasteiger partial charge in [-0.3, -0.25) is 14.5 Å². The van der Waals surface area contributed by atoms with Crippen molar-refractivity contribution >= 4 is 11.8 Å². The third-order valence-corrected chi connectivity index (χ3v) is 5.23. The minimum Gasteiger partial charge on any atom is -0.381 e. The molecule has 2 aliphatic rings. The Hall–Kier alpha value is -1.92. The molecule has 2 aliphatic heterocycles. The molecule has 0 aromatic heterocycles. The molecule has 1 atom stereocenters. The molecule has 25 heavy (non-hydrogen) atoms. The highest BCUT2D eigenvalue weighted by Gasteiger charge is 2.35. The predicted molar refractivity (Wildman–Crippen MR) is 94.8 cm³/mol. The van der Waals surface area contributed by atoms with Gasteiger partial charge < -0.3 is 15.4 Å². The van der Waals surface area contributed by atoms with Gasteiger partial charge in [0.25, 0.3) is 0 Å². The topological polar surface area (TPSA) is 75.9 Å². The van der Waals surface area contributed by atoms with Crippen LogP contribution < -0.4 is 5.73 Å². The molecule has 3 rings (SSSR count). The maximum atomic E-state index is 12.7. The molecule has 6 heteroatoms. The van der Waals surface area contributed by atoms with Crippen LogP contribution in [0, 0.1) is 5.92 Å². The van der Waals surface area contributed by atoms with Gasteiger partial charge in [-0.25, -0.2) is 0 Å². The molecule has 6 nitrogen and oxygen atoms in total. The van der Waals surface area contributed by atoms with Gasteiger partial charge in [-0.2, -0.15) is 0 Å². The third-order valence-electron chi connectivity index (χ3n) is 5.23. The number of primary amides is 1. The Morgan fingerprint density at radius 3 is 2.52 bits per heavy atom. The Morgan fingerprint density at radius 2 is 1.84 bits per heavy atom. The van der Waals surface area contributed by atoms with E-state index >= 15 is 0 Å². The maximum Gasteiger partial charge on any atom is 0.236 e. The smallest absolute Gasteiger partial charge is 0.236 e. The highest BCUT2D eigenvalue weighted by molar-refractivity contribution is 5.83. The van der Waals surface area contributed by atoms with Gasteiger partial charge in [0.2, 0.25) is 11.8 Å². The summed E-state index contributed by atoms with van der Waals surface area (Å²) in [5, 5.41) is 0. The lowest BCUT2D eigenvalue weighted by atomic mass is 9.97. The first-order valence-electron chi connectivity index (χ1n) is 9.09. The van der Waals surface area contributed by atoms with Crippen LogP contribution in [-0.2, 0) is 20.7 Å². The van der Waals surface area contributed by atoms with Crippen LogP contribution in [0.5, 0.6) is 0 Å². The molecule has 2 saturated heterocycles. The van der Waals surface area contributed by atoms with Crippen molar-refractivity contribution in [1.82, 2.24) is 9.80 Å². The van der Waals surface area contributed by atoms with E-state index in [1.807, 2.05) is 23.1 Å². The lowest BCUT2D eigenvalue weighted by Gasteiger charge is -2.41. The Morgan fingerprint density at radius 1 is 1.12 bits per heavy atom. The zero-order valence-electron chi connectivity index (χ0n) is 14.6. The summed E-state index contributed by atoms with van der Waals surface area (Å²) in [7, 11) is 0. The van der Waals surface area contributed by atoms with Gasteiger partial charge in [0.15, 0.2) is 0 Å². The van der Waals surface area contributed by atoms with Gasteiger partial charge in [0.1, 0.15) is 6.04 Å². The number of carbonyl (C=O) groups excluding carboxylic acids is 2. The highest BCUT2D eigenvalue weighted by Crippen LogP contribution is 2.20. The third kappa shape index (κ3) is 4.58. The quantitative estimate of drug-likeness (QED) is 0.850. The largest absolute Gasteiger partial charge is 0.381 e. The first-order valence-corrected chi connectivity index (χ1v) is 9.09. The van der Waals surface area contributed by atoms with Crippen LogP contribution in [0.2, 0.25) is 0 Å². The fourth-order valence-electron chi connectivity index (χ4n) is 3.68. The molecular formula is C19H27N3O3. The van der Waals surface area contributed by atoms with E-state index < -0.39 is 6.04 Å². The van der Waals surface area contributed by atoms with Crippen LogP contribution in [0.4, 0.5) is 0 Å². The second-order valence-electron chi connectivity index (χ2n) is 6.86. The lowest BCUT2D eigenvalue weighted by molar-refractivity contribution is -0.143. The van der Waals surface area contributed by atoms with Crippen molar-refractivity contribution in [1.29, 1.82) is 0 Å². The Kier molecular flexibility index (Phi) is 6.04. The van der Waals surface area contributed by atoms with Gasteiger partial charge in [0.05, 0.1) is 0 Å². The SMILES string of the molecule is NC(=O)C1CN(C(=O)C2CCOCC2)CCN1CCc1ccccc1. The van der Waals surface area contributed by atoms with Crippen molar-refractivity contribution in [2.75, 3.05) is 39.4 Å². The van der Waals surface area contributed by atoms with E-state index in [1.54, 1.807) is 0 Å². The summed E-state index contributed by atoms with van der Waals surface area (Å²) in [6.07, 6.45) is 2.42. The molecule has 2 fully saturated rings. The van der Waals surface area contributed by atoms with Crippen LogP contribution in [0.1, 0.15) is 18.4 Å². The molecule has 2 N–H and O–H groups in total. The van der Waals surface area contributed by atoms with Gasteiger partial charge in [-0.05, 0) is 24.8 Å². The molecule has 0 bridgehead atoms. The second kappa shape index (κ2) is 8.45. The van der Waals surface area contributed by atoms with E-state index in [-0.39, 0.29) is 17.7 Å². The number of hydrogen-bond acceptors (Lipinski definition) is 4. The van der Waals surface area contributed by atoms with Gasteiger partial charge in [-0.1, -0.05) is 30.3 Å². The zero-order valence-corrected chi connectivity index (χ0v) is 14.6. The summed E-state index contributed by atoms with van der Waals surface area (Å²) < 4.78 is 5.33. The second-order valence-corrected chi connectivity index (χ2v) is 6.86. The van der Waals surface area contributed by atoms with E-state index in [0.29, 0.717) is 32.8 Å². The van der Waals surface area contributed by atoms with Gasteiger partial charge >= 0.3 is 0 Å². The van der Waals surface area contributed by atoms with Crippen molar-refractivity contribution in [3.05, 3.63) is 35.9 Å². The van der Waals surface area contributed by atoms with E-state index in [0.717, 1.165) is 25.8 Å². The van der Waals surface area contributed by atoms with Crippen molar-refractivity contribution in [2.24, 2.45) is 11.7 Å². The molecule has 2 amide bonds. The predicted octanol–water partition coefficient (Wildman–Crippen LogP) is 0.654. The average Bonchev–Trinajstić information content (AvgIpc) is 2.67. The normalized spacial score (nSPS) is 22.7. The number of amides is 2. The monoisotopic (exact) mass is 345 g/mol. The summed E-state index contributed by atoms with van der Waals surface area (Å²) in [6, 6.07) is 9.81. The van der Waals surface area contributed by atoms with Crippen LogP contribution in [0.3, 0.4) is 0 Å². The molecular weight excluding hydrogens is 318 g/mol. The molecule has 0 saturated carbocycles. The average molecular weight is 345 g/mol. The molecule has 0 radical (unpaired) electrons. The molecule has 0 spiro atoms. The number of piperazine rings is 1. The summed E-state index contributed by atoms with van der Waals surface area (Å²) in [4.78, 5) is 28.6. The van der Waals surface area contributed by atoms with Crippen molar-refractivity contribution in [2.45, 2.75) is 25.3 Å². The molecule has 0 aliphatic carbocycles. The van der Waals surface area contributed by atoms with E-state index in [9.17, 15) is 9.59 Å². The zero-order chi connectivity index (χ0) is 17.6. The first kappa shape index (κ1) is 17.9. The molecule has 2 heterocycles. The first-order chi connectivity index (χ1) is 12.1. The summed E-state index contributed by atoms with van der Waals surface area (Å²) in [6.45, 7) is 3.82.